The minimum absolute atomic E-state index is 0.113. The SMILES string of the molecule is Cc1nn([C@H]2CCS(=O)(=O)C2)c(Cl)c1CNC[C@@H](C)CO. The normalized spacial score (nSPS) is 22.6. The van der Waals surface area contributed by atoms with Crippen LogP contribution in [0.25, 0.3) is 0 Å². The third-order valence-electron chi connectivity index (χ3n) is 3.81. The van der Waals surface area contributed by atoms with Crippen molar-refractivity contribution in [3.63, 3.8) is 0 Å². The molecule has 21 heavy (non-hydrogen) atoms. The zero-order chi connectivity index (χ0) is 15.6. The molecule has 0 amide bonds. The van der Waals surface area contributed by atoms with Gasteiger partial charge in [0.15, 0.2) is 9.84 Å². The highest BCUT2D eigenvalue weighted by Crippen LogP contribution is 2.29. The minimum atomic E-state index is -2.96. The van der Waals surface area contributed by atoms with Crippen LogP contribution in [-0.2, 0) is 16.4 Å². The molecule has 0 spiro atoms. The standard InChI is InChI=1S/C13H22ClN3O3S/c1-9(7-18)5-15-6-12-10(2)16-17(13(12)14)11-3-4-21(19,20)8-11/h9,11,15,18H,3-8H2,1-2H3/t9-,11+/m1/s1. The fraction of sp³-hybridized carbons (Fsp3) is 0.769. The average molecular weight is 336 g/mol. The number of rotatable bonds is 6. The molecule has 1 aliphatic rings. The Kier molecular flexibility index (Phi) is 5.29. The Morgan fingerprint density at radius 2 is 2.29 bits per heavy atom. The van der Waals surface area contributed by atoms with Crippen LogP contribution >= 0.6 is 11.6 Å². The lowest BCUT2D eigenvalue weighted by molar-refractivity contribution is 0.233. The number of hydrogen-bond donors (Lipinski definition) is 2. The highest BCUT2D eigenvalue weighted by atomic mass is 35.5. The molecule has 120 valence electrons. The molecule has 6 nitrogen and oxygen atoms in total. The predicted octanol–water partition coefficient (Wildman–Crippen LogP) is 0.923. The zero-order valence-electron chi connectivity index (χ0n) is 12.3. The minimum Gasteiger partial charge on any atom is -0.396 e. The second-order valence-electron chi connectivity index (χ2n) is 5.77. The lowest BCUT2D eigenvalue weighted by Crippen LogP contribution is -2.23. The molecule has 0 radical (unpaired) electrons. The van der Waals surface area contributed by atoms with E-state index in [1.165, 1.54) is 0 Å². The third-order valence-corrected chi connectivity index (χ3v) is 5.96. The van der Waals surface area contributed by atoms with Crippen molar-refractivity contribution in [2.24, 2.45) is 5.92 Å². The molecular formula is C13H22ClN3O3S. The van der Waals surface area contributed by atoms with Crippen LogP contribution in [-0.4, -0.2) is 48.0 Å². The average Bonchev–Trinajstić information content (AvgIpc) is 2.91. The molecule has 1 aromatic heterocycles. The molecule has 2 heterocycles. The number of nitrogens with zero attached hydrogens (tertiary/aromatic N) is 2. The topological polar surface area (TPSA) is 84.2 Å². The van der Waals surface area contributed by atoms with E-state index in [1.807, 2.05) is 13.8 Å². The van der Waals surface area contributed by atoms with Crippen molar-refractivity contribution in [3.8, 4) is 0 Å². The lowest BCUT2D eigenvalue weighted by Gasteiger charge is -2.11. The van der Waals surface area contributed by atoms with Crippen molar-refractivity contribution in [1.82, 2.24) is 15.1 Å². The number of aliphatic hydroxyl groups excluding tert-OH is 1. The van der Waals surface area contributed by atoms with Gasteiger partial charge in [-0.05, 0) is 19.3 Å². The van der Waals surface area contributed by atoms with Crippen molar-refractivity contribution >= 4 is 21.4 Å². The number of nitrogens with one attached hydrogen (secondary N) is 1. The van der Waals surface area contributed by atoms with Gasteiger partial charge >= 0.3 is 0 Å². The van der Waals surface area contributed by atoms with Crippen LogP contribution in [0.4, 0.5) is 0 Å². The Balaban J connectivity index is 2.07. The van der Waals surface area contributed by atoms with Crippen molar-refractivity contribution in [1.29, 1.82) is 0 Å². The number of hydrogen-bond acceptors (Lipinski definition) is 5. The van der Waals surface area contributed by atoms with Gasteiger partial charge in [0.25, 0.3) is 0 Å². The largest absolute Gasteiger partial charge is 0.396 e. The Morgan fingerprint density at radius 1 is 1.57 bits per heavy atom. The molecule has 2 rings (SSSR count). The fourth-order valence-corrected chi connectivity index (χ4v) is 4.54. The van der Waals surface area contributed by atoms with Gasteiger partial charge in [-0.1, -0.05) is 18.5 Å². The maximum Gasteiger partial charge on any atom is 0.152 e. The second kappa shape index (κ2) is 6.64. The molecule has 1 saturated heterocycles. The van der Waals surface area contributed by atoms with Crippen molar-refractivity contribution in [3.05, 3.63) is 16.4 Å². The van der Waals surface area contributed by atoms with Crippen LogP contribution in [0.3, 0.4) is 0 Å². The monoisotopic (exact) mass is 335 g/mol. The Morgan fingerprint density at radius 3 is 2.86 bits per heavy atom. The summed E-state index contributed by atoms with van der Waals surface area (Å²) in [5.41, 5.74) is 1.71. The van der Waals surface area contributed by atoms with Crippen molar-refractivity contribution < 1.29 is 13.5 Å². The highest BCUT2D eigenvalue weighted by Gasteiger charge is 2.31. The van der Waals surface area contributed by atoms with Crippen LogP contribution in [0.2, 0.25) is 5.15 Å². The molecule has 8 heteroatoms. The van der Waals surface area contributed by atoms with Crippen molar-refractivity contribution in [2.45, 2.75) is 32.9 Å². The van der Waals surface area contributed by atoms with Gasteiger partial charge in [-0.2, -0.15) is 5.10 Å². The smallest absolute Gasteiger partial charge is 0.152 e. The molecule has 0 bridgehead atoms. The molecular weight excluding hydrogens is 314 g/mol. The molecule has 0 saturated carbocycles. The zero-order valence-corrected chi connectivity index (χ0v) is 13.9. The van der Waals surface area contributed by atoms with E-state index in [1.54, 1.807) is 4.68 Å². The van der Waals surface area contributed by atoms with E-state index in [0.29, 0.717) is 24.7 Å². The van der Waals surface area contributed by atoms with E-state index in [2.05, 4.69) is 10.4 Å². The van der Waals surface area contributed by atoms with E-state index in [0.717, 1.165) is 11.3 Å². The van der Waals surface area contributed by atoms with Crippen LogP contribution in [0.15, 0.2) is 0 Å². The fourth-order valence-electron chi connectivity index (χ4n) is 2.47. The summed E-state index contributed by atoms with van der Waals surface area (Å²) in [6.45, 7) is 5.22. The second-order valence-corrected chi connectivity index (χ2v) is 8.36. The summed E-state index contributed by atoms with van der Waals surface area (Å²) in [6.07, 6.45) is 0.567. The number of aryl methyl sites for hydroxylation is 1. The first kappa shape index (κ1) is 16.7. The number of halogens is 1. The first-order valence-electron chi connectivity index (χ1n) is 7.09. The third kappa shape index (κ3) is 3.97. The Bertz CT molecular complexity index is 600. The maximum absolute atomic E-state index is 11.6. The van der Waals surface area contributed by atoms with Gasteiger partial charge in [0.2, 0.25) is 0 Å². The van der Waals surface area contributed by atoms with Crippen LogP contribution < -0.4 is 5.32 Å². The summed E-state index contributed by atoms with van der Waals surface area (Å²) in [7, 11) is -2.96. The maximum atomic E-state index is 11.6. The molecule has 1 aromatic rings. The van der Waals surface area contributed by atoms with Gasteiger partial charge in [-0.25, -0.2) is 13.1 Å². The van der Waals surface area contributed by atoms with E-state index in [9.17, 15) is 8.42 Å². The summed E-state index contributed by atoms with van der Waals surface area (Å²) in [4.78, 5) is 0. The predicted molar refractivity (Wildman–Crippen MR) is 82.2 cm³/mol. The van der Waals surface area contributed by atoms with Crippen LogP contribution in [0.1, 0.15) is 30.6 Å². The van der Waals surface area contributed by atoms with Crippen LogP contribution in [0.5, 0.6) is 0 Å². The van der Waals surface area contributed by atoms with E-state index in [-0.39, 0.29) is 30.1 Å². The summed E-state index contributed by atoms with van der Waals surface area (Å²) in [5, 5.41) is 17.2. The quantitative estimate of drug-likeness (QED) is 0.807. The van der Waals surface area contributed by atoms with Gasteiger partial charge in [-0.3, -0.25) is 0 Å². The van der Waals surface area contributed by atoms with Crippen LogP contribution in [0, 0.1) is 12.8 Å². The number of aromatic nitrogens is 2. The molecule has 0 unspecified atom stereocenters. The Hall–Kier alpha value is -0.630. The first-order chi connectivity index (χ1) is 9.84. The molecule has 2 N–H and O–H groups in total. The Labute approximate surface area is 130 Å². The van der Waals surface area contributed by atoms with E-state index in [4.69, 9.17) is 16.7 Å². The number of sulfone groups is 1. The van der Waals surface area contributed by atoms with Gasteiger partial charge in [0, 0.05) is 25.3 Å². The molecule has 1 aliphatic heterocycles. The van der Waals surface area contributed by atoms with Gasteiger partial charge in [0.05, 0.1) is 23.2 Å². The number of aliphatic hydroxyl groups is 1. The van der Waals surface area contributed by atoms with Gasteiger partial charge in [0.1, 0.15) is 5.15 Å². The van der Waals surface area contributed by atoms with Gasteiger partial charge < -0.3 is 10.4 Å². The summed E-state index contributed by atoms with van der Waals surface area (Å²) < 4.78 is 24.8. The molecule has 0 aliphatic carbocycles. The summed E-state index contributed by atoms with van der Waals surface area (Å²) >= 11 is 6.37. The summed E-state index contributed by atoms with van der Waals surface area (Å²) in [6, 6.07) is -0.161. The summed E-state index contributed by atoms with van der Waals surface area (Å²) in [5.74, 6) is 0.496. The first-order valence-corrected chi connectivity index (χ1v) is 9.29. The van der Waals surface area contributed by atoms with Crippen molar-refractivity contribution in [2.75, 3.05) is 24.7 Å². The lowest BCUT2D eigenvalue weighted by atomic mass is 10.2. The van der Waals surface area contributed by atoms with E-state index >= 15 is 0 Å². The highest BCUT2D eigenvalue weighted by molar-refractivity contribution is 7.91. The van der Waals surface area contributed by atoms with E-state index < -0.39 is 9.84 Å². The molecule has 2 atom stereocenters. The molecule has 1 fully saturated rings. The van der Waals surface area contributed by atoms with Gasteiger partial charge in [-0.15, -0.1) is 0 Å². The molecule has 0 aromatic carbocycles.